The Kier molecular flexibility index (Phi) is 3.98. The third-order valence-corrected chi connectivity index (χ3v) is 4.84. The van der Waals surface area contributed by atoms with E-state index in [1.54, 1.807) is 30.3 Å². The van der Waals surface area contributed by atoms with Gasteiger partial charge in [0.25, 0.3) is 0 Å². The fourth-order valence-electron chi connectivity index (χ4n) is 3.40. The third-order valence-electron chi connectivity index (χ3n) is 4.84. The van der Waals surface area contributed by atoms with Crippen molar-refractivity contribution in [2.45, 2.75) is 6.92 Å². The fraction of sp³-hybridized carbons (Fsp3) is 0.238. The van der Waals surface area contributed by atoms with E-state index in [1.807, 2.05) is 19.1 Å². The van der Waals surface area contributed by atoms with Gasteiger partial charge in [0.15, 0.2) is 11.6 Å². The smallest absolute Gasteiger partial charge is 0.197 e. The molecule has 0 bridgehead atoms. The molecule has 1 aliphatic carbocycles. The highest BCUT2D eigenvalue weighted by Crippen LogP contribution is 2.29. The van der Waals surface area contributed by atoms with Gasteiger partial charge >= 0.3 is 0 Å². The van der Waals surface area contributed by atoms with Crippen LogP contribution < -0.4 is 4.90 Å². The molecule has 0 unspecified atom stereocenters. The highest BCUT2D eigenvalue weighted by atomic mass is 16.5. The van der Waals surface area contributed by atoms with Crippen molar-refractivity contribution in [3.63, 3.8) is 0 Å². The SMILES string of the molecule is Cc1cc(N2CCOCC2)ccc1C=C1C(=O)c2ccccc2C1=O. The number of anilines is 1. The van der Waals surface area contributed by atoms with Crippen LogP contribution in [0.3, 0.4) is 0 Å². The van der Waals surface area contributed by atoms with Crippen LogP contribution in [0.15, 0.2) is 48.0 Å². The van der Waals surface area contributed by atoms with Gasteiger partial charge < -0.3 is 9.64 Å². The van der Waals surface area contributed by atoms with Gasteiger partial charge in [-0.1, -0.05) is 30.3 Å². The fourth-order valence-corrected chi connectivity index (χ4v) is 3.40. The van der Waals surface area contributed by atoms with Crippen LogP contribution in [0, 0.1) is 6.92 Å². The number of ketones is 2. The first-order valence-corrected chi connectivity index (χ1v) is 8.48. The van der Waals surface area contributed by atoms with Crippen LogP contribution in [0.4, 0.5) is 5.69 Å². The molecule has 1 fully saturated rings. The maximum Gasteiger partial charge on any atom is 0.197 e. The number of Topliss-reactive ketones (excluding diaryl/α,β-unsaturated/α-hetero) is 2. The minimum atomic E-state index is -0.183. The van der Waals surface area contributed by atoms with E-state index in [1.165, 1.54) is 0 Å². The van der Waals surface area contributed by atoms with Crippen LogP contribution in [-0.2, 0) is 4.74 Å². The minimum Gasteiger partial charge on any atom is -0.378 e. The van der Waals surface area contributed by atoms with E-state index in [2.05, 4.69) is 11.0 Å². The van der Waals surface area contributed by atoms with Gasteiger partial charge in [0.1, 0.15) is 0 Å². The second-order valence-corrected chi connectivity index (χ2v) is 6.40. The Labute approximate surface area is 146 Å². The molecule has 0 saturated carbocycles. The number of ether oxygens (including phenoxy) is 1. The van der Waals surface area contributed by atoms with Crippen molar-refractivity contribution in [2.24, 2.45) is 0 Å². The molecule has 1 heterocycles. The molecule has 4 nitrogen and oxygen atoms in total. The summed E-state index contributed by atoms with van der Waals surface area (Å²) in [5.41, 5.74) is 4.36. The van der Waals surface area contributed by atoms with E-state index in [9.17, 15) is 9.59 Å². The molecule has 0 radical (unpaired) electrons. The Morgan fingerprint density at radius 2 is 1.60 bits per heavy atom. The van der Waals surface area contributed by atoms with Crippen LogP contribution in [0.5, 0.6) is 0 Å². The van der Waals surface area contributed by atoms with Crippen molar-refractivity contribution in [1.29, 1.82) is 0 Å². The molecule has 2 aromatic carbocycles. The largest absolute Gasteiger partial charge is 0.378 e. The standard InChI is InChI=1S/C21H19NO3/c1-14-12-16(22-8-10-25-11-9-22)7-6-15(14)13-19-20(23)17-4-2-3-5-18(17)21(19)24/h2-7,12-13H,8-11H2,1H3. The molecule has 1 saturated heterocycles. The molecule has 2 aromatic rings. The first-order valence-electron chi connectivity index (χ1n) is 8.48. The number of aryl methyl sites for hydroxylation is 1. The van der Waals surface area contributed by atoms with E-state index >= 15 is 0 Å². The van der Waals surface area contributed by atoms with E-state index in [4.69, 9.17) is 4.74 Å². The Hall–Kier alpha value is -2.72. The lowest BCUT2D eigenvalue weighted by molar-refractivity contribution is 0.0990. The molecule has 0 N–H and O–H groups in total. The molecular weight excluding hydrogens is 314 g/mol. The average Bonchev–Trinajstić information content (AvgIpc) is 2.89. The van der Waals surface area contributed by atoms with Gasteiger partial charge in [0, 0.05) is 29.9 Å². The van der Waals surface area contributed by atoms with Gasteiger partial charge in [-0.25, -0.2) is 0 Å². The Bertz CT molecular complexity index is 855. The van der Waals surface area contributed by atoms with Crippen molar-refractivity contribution >= 4 is 23.3 Å². The van der Waals surface area contributed by atoms with Crippen LogP contribution in [-0.4, -0.2) is 37.9 Å². The zero-order valence-electron chi connectivity index (χ0n) is 14.1. The van der Waals surface area contributed by atoms with Crippen molar-refractivity contribution < 1.29 is 14.3 Å². The van der Waals surface area contributed by atoms with Gasteiger partial charge in [-0.3, -0.25) is 9.59 Å². The molecule has 2 aliphatic rings. The number of hydrogen-bond acceptors (Lipinski definition) is 4. The average molecular weight is 333 g/mol. The lowest BCUT2D eigenvalue weighted by Gasteiger charge is -2.29. The highest BCUT2D eigenvalue weighted by molar-refractivity contribution is 6.41. The van der Waals surface area contributed by atoms with Gasteiger partial charge in [-0.2, -0.15) is 0 Å². The topological polar surface area (TPSA) is 46.6 Å². The second kappa shape index (κ2) is 6.30. The first-order chi connectivity index (χ1) is 12.1. The van der Waals surface area contributed by atoms with Crippen LogP contribution in [0.1, 0.15) is 31.8 Å². The zero-order chi connectivity index (χ0) is 17.4. The lowest BCUT2D eigenvalue weighted by atomic mass is 10.0. The third kappa shape index (κ3) is 2.79. The molecular formula is C21H19NO3. The number of carbonyl (C=O) groups excluding carboxylic acids is 2. The summed E-state index contributed by atoms with van der Waals surface area (Å²) in [4.78, 5) is 27.3. The van der Waals surface area contributed by atoms with Crippen LogP contribution in [0.2, 0.25) is 0 Å². The molecule has 126 valence electrons. The summed E-state index contributed by atoms with van der Waals surface area (Å²) in [7, 11) is 0. The molecule has 4 heteroatoms. The highest BCUT2D eigenvalue weighted by Gasteiger charge is 2.32. The van der Waals surface area contributed by atoms with Gasteiger partial charge in [-0.05, 0) is 36.3 Å². The van der Waals surface area contributed by atoms with E-state index in [-0.39, 0.29) is 17.1 Å². The minimum absolute atomic E-state index is 0.183. The lowest BCUT2D eigenvalue weighted by Crippen LogP contribution is -2.36. The number of nitrogens with zero attached hydrogens (tertiary/aromatic N) is 1. The number of hydrogen-bond donors (Lipinski definition) is 0. The first kappa shape index (κ1) is 15.8. The van der Waals surface area contributed by atoms with E-state index in [0.717, 1.165) is 43.1 Å². The van der Waals surface area contributed by atoms with Crippen molar-refractivity contribution in [3.05, 3.63) is 70.3 Å². The van der Waals surface area contributed by atoms with Crippen molar-refractivity contribution in [1.82, 2.24) is 0 Å². The van der Waals surface area contributed by atoms with Gasteiger partial charge in [0.2, 0.25) is 0 Å². The molecule has 1 aliphatic heterocycles. The monoisotopic (exact) mass is 333 g/mol. The van der Waals surface area contributed by atoms with E-state index < -0.39 is 0 Å². The number of fused-ring (bicyclic) bond motifs is 1. The summed E-state index contributed by atoms with van der Waals surface area (Å²) >= 11 is 0. The summed E-state index contributed by atoms with van der Waals surface area (Å²) in [6, 6.07) is 13.1. The number of benzene rings is 2. The predicted octanol–water partition coefficient (Wildman–Crippen LogP) is 3.29. The Morgan fingerprint density at radius 3 is 2.20 bits per heavy atom. The maximum atomic E-state index is 12.5. The summed E-state index contributed by atoms with van der Waals surface area (Å²) in [5.74, 6) is -0.366. The predicted molar refractivity (Wildman–Crippen MR) is 97.3 cm³/mol. The van der Waals surface area contributed by atoms with E-state index in [0.29, 0.717) is 11.1 Å². The van der Waals surface area contributed by atoms with Crippen LogP contribution >= 0.6 is 0 Å². The number of rotatable bonds is 2. The summed E-state index contributed by atoms with van der Waals surface area (Å²) in [6.45, 7) is 5.25. The molecule has 0 atom stereocenters. The summed E-state index contributed by atoms with van der Waals surface area (Å²) < 4.78 is 5.39. The summed E-state index contributed by atoms with van der Waals surface area (Å²) in [5, 5.41) is 0. The van der Waals surface area contributed by atoms with Gasteiger partial charge in [-0.15, -0.1) is 0 Å². The number of allylic oxidation sites excluding steroid dienone is 1. The molecule has 0 spiro atoms. The molecule has 4 rings (SSSR count). The number of morpholine rings is 1. The Morgan fingerprint density at radius 1 is 0.960 bits per heavy atom. The van der Waals surface area contributed by atoms with Crippen molar-refractivity contribution in [3.8, 4) is 0 Å². The molecule has 25 heavy (non-hydrogen) atoms. The molecule has 0 aromatic heterocycles. The molecule has 0 amide bonds. The summed E-state index contributed by atoms with van der Waals surface area (Å²) in [6.07, 6.45) is 1.73. The zero-order valence-corrected chi connectivity index (χ0v) is 14.1. The second-order valence-electron chi connectivity index (χ2n) is 6.40. The maximum absolute atomic E-state index is 12.5. The quantitative estimate of drug-likeness (QED) is 0.625. The number of carbonyl (C=O) groups is 2. The van der Waals surface area contributed by atoms with Crippen molar-refractivity contribution in [2.75, 3.05) is 31.2 Å². The normalized spacial score (nSPS) is 17.0. The van der Waals surface area contributed by atoms with Gasteiger partial charge in [0.05, 0.1) is 18.8 Å². The van der Waals surface area contributed by atoms with Crippen LogP contribution in [0.25, 0.3) is 6.08 Å². The Balaban J connectivity index is 1.66.